The summed E-state index contributed by atoms with van der Waals surface area (Å²) in [6.07, 6.45) is 1.95. The van der Waals surface area contributed by atoms with E-state index in [1.165, 1.54) is 5.56 Å². The van der Waals surface area contributed by atoms with Gasteiger partial charge in [0.1, 0.15) is 0 Å². The Morgan fingerprint density at radius 3 is 2.79 bits per heavy atom. The highest BCUT2D eigenvalue weighted by atomic mass is 35.5. The van der Waals surface area contributed by atoms with Gasteiger partial charge in [-0.3, -0.25) is 9.59 Å². The number of aryl methyl sites for hydroxylation is 1. The number of amides is 2. The average molecular weight is 284 g/mol. The molecule has 1 aromatic carbocycles. The van der Waals surface area contributed by atoms with E-state index in [2.05, 4.69) is 5.32 Å². The van der Waals surface area contributed by atoms with Gasteiger partial charge in [-0.2, -0.15) is 0 Å². The number of halogens is 1. The monoisotopic (exact) mass is 283 g/mol. The van der Waals surface area contributed by atoms with Gasteiger partial charge in [-0.15, -0.1) is 12.4 Å². The summed E-state index contributed by atoms with van der Waals surface area (Å²) in [6.45, 7) is 0.614. The maximum Gasteiger partial charge on any atom is 0.246 e. The molecule has 2 rings (SSSR count). The van der Waals surface area contributed by atoms with Gasteiger partial charge >= 0.3 is 0 Å². The van der Waals surface area contributed by atoms with Crippen LogP contribution in [0.2, 0.25) is 0 Å². The molecule has 104 valence electrons. The first-order valence-electron chi connectivity index (χ1n) is 6.07. The minimum absolute atomic E-state index is 0. The van der Waals surface area contributed by atoms with Crippen molar-refractivity contribution in [2.45, 2.75) is 12.8 Å². The van der Waals surface area contributed by atoms with Crippen molar-refractivity contribution in [2.24, 2.45) is 5.73 Å². The maximum absolute atomic E-state index is 12.1. The molecule has 0 atom stereocenters. The quantitative estimate of drug-likeness (QED) is 0.846. The summed E-state index contributed by atoms with van der Waals surface area (Å²) >= 11 is 0. The second-order valence-electron chi connectivity index (χ2n) is 4.26. The van der Waals surface area contributed by atoms with Crippen LogP contribution in [0.1, 0.15) is 12.0 Å². The number of carbonyl (C=O) groups excluding carboxylic acids is 2. The Kier molecular flexibility index (Phi) is 5.79. The Morgan fingerprint density at radius 1 is 1.32 bits per heavy atom. The highest BCUT2D eigenvalue weighted by Crippen LogP contribution is 2.26. The lowest BCUT2D eigenvalue weighted by atomic mass is 10.0. The van der Waals surface area contributed by atoms with Crippen molar-refractivity contribution < 1.29 is 9.59 Å². The van der Waals surface area contributed by atoms with E-state index in [0.717, 1.165) is 18.5 Å². The third-order valence-electron chi connectivity index (χ3n) is 3.03. The maximum atomic E-state index is 12.1. The molecule has 2 amide bonds. The molecule has 0 bridgehead atoms. The van der Waals surface area contributed by atoms with Crippen molar-refractivity contribution in [3.8, 4) is 0 Å². The molecule has 1 aliphatic heterocycles. The molecular formula is C13H18ClN3O2. The lowest BCUT2D eigenvalue weighted by Gasteiger charge is -2.29. The fourth-order valence-electron chi connectivity index (χ4n) is 2.13. The van der Waals surface area contributed by atoms with E-state index in [1.54, 1.807) is 4.90 Å². The number of anilines is 1. The van der Waals surface area contributed by atoms with Crippen LogP contribution in [0, 0.1) is 0 Å². The highest BCUT2D eigenvalue weighted by Gasteiger charge is 2.21. The number of fused-ring (bicyclic) bond motifs is 1. The Morgan fingerprint density at radius 2 is 2.05 bits per heavy atom. The molecule has 0 aromatic heterocycles. The van der Waals surface area contributed by atoms with Crippen molar-refractivity contribution in [1.29, 1.82) is 0 Å². The van der Waals surface area contributed by atoms with Crippen LogP contribution in [0.4, 0.5) is 5.69 Å². The Bertz CT molecular complexity index is 465. The van der Waals surface area contributed by atoms with Crippen molar-refractivity contribution in [2.75, 3.05) is 24.5 Å². The molecule has 6 heteroatoms. The van der Waals surface area contributed by atoms with Gasteiger partial charge in [0, 0.05) is 12.2 Å². The van der Waals surface area contributed by atoms with Crippen LogP contribution in [0.3, 0.4) is 0 Å². The number of nitrogens with one attached hydrogen (secondary N) is 1. The normalized spacial score (nSPS) is 13.2. The first-order valence-corrected chi connectivity index (χ1v) is 6.07. The molecule has 1 aliphatic rings. The zero-order chi connectivity index (χ0) is 13.0. The first-order chi connectivity index (χ1) is 8.72. The Balaban J connectivity index is 0.00000180. The molecule has 5 nitrogen and oxygen atoms in total. The first kappa shape index (κ1) is 15.5. The van der Waals surface area contributed by atoms with Crippen LogP contribution < -0.4 is 16.0 Å². The summed E-state index contributed by atoms with van der Waals surface area (Å²) in [4.78, 5) is 24.8. The standard InChI is InChI=1S/C13H17N3O2.ClH/c14-8-12(17)15-9-13(18)16-7-3-5-10-4-1-2-6-11(10)16;/h1-2,4,6H,3,5,7-9,14H2,(H,15,17);1H. The lowest BCUT2D eigenvalue weighted by Crippen LogP contribution is -2.43. The van der Waals surface area contributed by atoms with Gasteiger partial charge in [0.2, 0.25) is 11.8 Å². The van der Waals surface area contributed by atoms with Gasteiger partial charge in [0.15, 0.2) is 0 Å². The number of nitrogens with two attached hydrogens (primary N) is 1. The summed E-state index contributed by atoms with van der Waals surface area (Å²) in [5.74, 6) is -0.405. The molecule has 1 heterocycles. The largest absolute Gasteiger partial charge is 0.346 e. The van der Waals surface area contributed by atoms with Crippen molar-refractivity contribution in [1.82, 2.24) is 5.32 Å². The molecule has 0 aliphatic carbocycles. The van der Waals surface area contributed by atoms with E-state index in [0.29, 0.717) is 6.54 Å². The minimum atomic E-state index is -0.311. The fourth-order valence-corrected chi connectivity index (χ4v) is 2.13. The molecule has 3 N–H and O–H groups in total. The zero-order valence-electron chi connectivity index (χ0n) is 10.6. The predicted molar refractivity (Wildman–Crippen MR) is 76.4 cm³/mol. The Labute approximate surface area is 118 Å². The van der Waals surface area contributed by atoms with E-state index >= 15 is 0 Å². The van der Waals surface area contributed by atoms with Gasteiger partial charge in [0.25, 0.3) is 0 Å². The van der Waals surface area contributed by atoms with Crippen molar-refractivity contribution >= 4 is 29.9 Å². The molecule has 0 fully saturated rings. The summed E-state index contributed by atoms with van der Waals surface area (Å²) in [7, 11) is 0. The van der Waals surface area contributed by atoms with Crippen LogP contribution in [0.15, 0.2) is 24.3 Å². The zero-order valence-corrected chi connectivity index (χ0v) is 11.4. The molecule has 1 aromatic rings. The van der Waals surface area contributed by atoms with E-state index in [9.17, 15) is 9.59 Å². The minimum Gasteiger partial charge on any atom is -0.346 e. The molecule has 19 heavy (non-hydrogen) atoms. The van der Waals surface area contributed by atoms with Gasteiger partial charge in [-0.05, 0) is 24.5 Å². The van der Waals surface area contributed by atoms with Crippen LogP contribution >= 0.6 is 12.4 Å². The molecule has 0 saturated heterocycles. The average Bonchev–Trinajstić information content (AvgIpc) is 2.43. The highest BCUT2D eigenvalue weighted by molar-refractivity contribution is 5.97. The van der Waals surface area contributed by atoms with Crippen LogP contribution in [-0.2, 0) is 16.0 Å². The Hall–Kier alpha value is -1.59. The third-order valence-corrected chi connectivity index (χ3v) is 3.03. The van der Waals surface area contributed by atoms with Crippen LogP contribution in [0.5, 0.6) is 0 Å². The number of hydrogen-bond acceptors (Lipinski definition) is 3. The summed E-state index contributed by atoms with van der Waals surface area (Å²) in [5.41, 5.74) is 7.31. The van der Waals surface area contributed by atoms with E-state index in [1.807, 2.05) is 24.3 Å². The third kappa shape index (κ3) is 3.68. The van der Waals surface area contributed by atoms with Gasteiger partial charge in [-0.25, -0.2) is 0 Å². The van der Waals surface area contributed by atoms with Gasteiger partial charge in [0.05, 0.1) is 13.1 Å². The van der Waals surface area contributed by atoms with Gasteiger partial charge < -0.3 is 16.0 Å². The smallest absolute Gasteiger partial charge is 0.246 e. The number of para-hydroxylation sites is 1. The topological polar surface area (TPSA) is 75.4 Å². The second-order valence-corrected chi connectivity index (χ2v) is 4.26. The predicted octanol–water partition coefficient (Wildman–Crippen LogP) is 0.462. The van der Waals surface area contributed by atoms with Crippen molar-refractivity contribution in [3.63, 3.8) is 0 Å². The number of nitrogens with zero attached hydrogens (tertiary/aromatic N) is 1. The van der Waals surface area contributed by atoms with Crippen LogP contribution in [0.25, 0.3) is 0 Å². The second kappa shape index (κ2) is 7.11. The fraction of sp³-hybridized carbons (Fsp3) is 0.385. The number of carbonyl (C=O) groups is 2. The molecule has 0 radical (unpaired) electrons. The number of rotatable bonds is 3. The summed E-state index contributed by atoms with van der Waals surface area (Å²) in [6, 6.07) is 7.87. The molecule has 0 spiro atoms. The molecule has 0 saturated carbocycles. The van der Waals surface area contributed by atoms with E-state index in [4.69, 9.17) is 5.73 Å². The number of hydrogen-bond donors (Lipinski definition) is 2. The summed E-state index contributed by atoms with van der Waals surface area (Å²) < 4.78 is 0. The molecule has 0 unspecified atom stereocenters. The summed E-state index contributed by atoms with van der Waals surface area (Å²) in [5, 5.41) is 2.51. The lowest BCUT2D eigenvalue weighted by molar-refractivity contribution is -0.124. The van der Waals surface area contributed by atoms with Gasteiger partial charge in [-0.1, -0.05) is 18.2 Å². The van der Waals surface area contributed by atoms with Crippen molar-refractivity contribution in [3.05, 3.63) is 29.8 Å². The van der Waals surface area contributed by atoms with E-state index < -0.39 is 0 Å². The SMILES string of the molecule is Cl.NCC(=O)NCC(=O)N1CCCc2ccccc21. The van der Waals surface area contributed by atoms with E-state index in [-0.39, 0.29) is 37.3 Å². The van der Waals surface area contributed by atoms with Crippen LogP contribution in [-0.4, -0.2) is 31.4 Å². The molecular weight excluding hydrogens is 266 g/mol. The number of benzene rings is 1.